The number of aromatic nitrogens is 1. The minimum absolute atomic E-state index is 0.0260. The summed E-state index contributed by atoms with van der Waals surface area (Å²) in [6, 6.07) is 21.0. The maximum Gasteiger partial charge on any atom is 0.251 e. The van der Waals surface area contributed by atoms with Crippen molar-refractivity contribution < 1.29 is 4.79 Å². The third-order valence-corrected chi connectivity index (χ3v) is 5.43. The fourth-order valence-electron chi connectivity index (χ4n) is 3.95. The number of fused-ring (bicyclic) bond motifs is 2. The zero-order valence-electron chi connectivity index (χ0n) is 15.6. The van der Waals surface area contributed by atoms with Crippen LogP contribution in [0.2, 0.25) is 0 Å². The average Bonchev–Trinajstić information content (AvgIpc) is 2.71. The molecule has 0 amide bonds. The Balaban J connectivity index is 1.84. The third kappa shape index (κ3) is 2.31. The maximum absolute atomic E-state index is 13.4. The lowest BCUT2D eigenvalue weighted by Crippen LogP contribution is -2.21. The van der Waals surface area contributed by atoms with Crippen LogP contribution in [0.15, 0.2) is 71.5 Å². The standard InChI is InChI=1S/C24H18N2O2/c1-14-7-9-15(10-8-14)25-19-11-12-20-22-18(13-21(27)26(20)2)16-5-3-4-6-17(16)24(28)23(19)22/h3-13,25H,1-2H3. The number of anilines is 2. The van der Waals surface area contributed by atoms with Gasteiger partial charge < -0.3 is 9.88 Å². The first kappa shape index (κ1) is 16.5. The SMILES string of the molecule is Cc1ccc(Nc2ccc3c4c(cc(=O)n3C)-c3ccccc3C(=O)c24)cc1. The number of pyridine rings is 1. The molecule has 0 spiro atoms. The van der Waals surface area contributed by atoms with Gasteiger partial charge in [-0.25, -0.2) is 0 Å². The van der Waals surface area contributed by atoms with E-state index >= 15 is 0 Å². The molecule has 136 valence electrons. The number of nitrogens with one attached hydrogen (secondary N) is 1. The van der Waals surface area contributed by atoms with Crippen molar-refractivity contribution in [1.29, 1.82) is 0 Å². The molecule has 0 radical (unpaired) electrons. The zero-order valence-corrected chi connectivity index (χ0v) is 15.6. The van der Waals surface area contributed by atoms with E-state index in [0.29, 0.717) is 11.1 Å². The van der Waals surface area contributed by atoms with Crippen LogP contribution in [0.25, 0.3) is 22.0 Å². The lowest BCUT2D eigenvalue weighted by molar-refractivity contribution is 0.104. The van der Waals surface area contributed by atoms with E-state index < -0.39 is 0 Å². The first-order valence-corrected chi connectivity index (χ1v) is 9.19. The number of carbonyl (C=O) groups excluding carboxylic acids is 1. The van der Waals surface area contributed by atoms with Crippen LogP contribution >= 0.6 is 0 Å². The van der Waals surface area contributed by atoms with Gasteiger partial charge in [-0.15, -0.1) is 0 Å². The van der Waals surface area contributed by atoms with Crippen LogP contribution in [0.5, 0.6) is 0 Å². The van der Waals surface area contributed by atoms with Crippen LogP contribution in [0, 0.1) is 6.92 Å². The van der Waals surface area contributed by atoms with E-state index in [1.54, 1.807) is 17.7 Å². The Labute approximate surface area is 162 Å². The Kier molecular flexibility index (Phi) is 3.49. The summed E-state index contributed by atoms with van der Waals surface area (Å²) in [7, 11) is 1.74. The molecule has 0 fully saturated rings. The monoisotopic (exact) mass is 366 g/mol. The van der Waals surface area contributed by atoms with Crippen LogP contribution in [-0.2, 0) is 7.05 Å². The summed E-state index contributed by atoms with van der Waals surface area (Å²) in [4.78, 5) is 25.9. The highest BCUT2D eigenvalue weighted by molar-refractivity contribution is 6.28. The van der Waals surface area contributed by atoms with E-state index in [-0.39, 0.29) is 11.3 Å². The van der Waals surface area contributed by atoms with Crippen LogP contribution in [0.3, 0.4) is 0 Å². The van der Waals surface area contributed by atoms with E-state index in [9.17, 15) is 9.59 Å². The van der Waals surface area contributed by atoms with Gasteiger partial charge in [0, 0.05) is 29.8 Å². The molecule has 1 N–H and O–H groups in total. The normalized spacial score (nSPS) is 12.1. The Morgan fingerprint density at radius 1 is 0.821 bits per heavy atom. The number of carbonyl (C=O) groups is 1. The summed E-state index contributed by atoms with van der Waals surface area (Å²) in [6.07, 6.45) is 0. The highest BCUT2D eigenvalue weighted by Crippen LogP contribution is 2.41. The maximum atomic E-state index is 13.4. The van der Waals surface area contributed by atoms with Crippen molar-refractivity contribution in [3.8, 4) is 11.1 Å². The number of hydrogen-bond donors (Lipinski definition) is 1. The lowest BCUT2D eigenvalue weighted by atomic mass is 9.83. The summed E-state index contributed by atoms with van der Waals surface area (Å²) >= 11 is 0. The Morgan fingerprint density at radius 3 is 2.29 bits per heavy atom. The summed E-state index contributed by atoms with van der Waals surface area (Å²) in [5.41, 5.74) is 6.38. The molecule has 4 nitrogen and oxygen atoms in total. The van der Waals surface area contributed by atoms with E-state index in [4.69, 9.17) is 0 Å². The largest absolute Gasteiger partial charge is 0.355 e. The van der Waals surface area contributed by atoms with Gasteiger partial charge >= 0.3 is 0 Å². The van der Waals surface area contributed by atoms with Crippen molar-refractivity contribution in [1.82, 2.24) is 4.57 Å². The van der Waals surface area contributed by atoms with Crippen LogP contribution < -0.4 is 10.9 Å². The number of aryl methyl sites for hydroxylation is 2. The Hall–Kier alpha value is -3.66. The predicted molar refractivity (Wildman–Crippen MR) is 113 cm³/mol. The van der Waals surface area contributed by atoms with Gasteiger partial charge in [-0.05, 0) is 42.3 Å². The fraction of sp³-hybridized carbons (Fsp3) is 0.0833. The first-order valence-electron chi connectivity index (χ1n) is 9.19. The second-order valence-electron chi connectivity index (χ2n) is 7.20. The van der Waals surface area contributed by atoms with E-state index in [1.165, 1.54) is 5.56 Å². The van der Waals surface area contributed by atoms with Gasteiger partial charge in [0.2, 0.25) is 0 Å². The lowest BCUT2D eigenvalue weighted by Gasteiger charge is -2.23. The molecule has 0 atom stereocenters. The Bertz CT molecular complexity index is 1330. The van der Waals surface area contributed by atoms with E-state index in [1.807, 2.05) is 67.6 Å². The molecule has 0 bridgehead atoms. The van der Waals surface area contributed by atoms with Crippen molar-refractivity contribution in [2.75, 3.05) is 5.32 Å². The summed E-state index contributed by atoms with van der Waals surface area (Å²) < 4.78 is 1.60. The van der Waals surface area contributed by atoms with Gasteiger partial charge in [0.15, 0.2) is 5.78 Å². The van der Waals surface area contributed by atoms with Crippen LogP contribution in [0.1, 0.15) is 21.5 Å². The van der Waals surface area contributed by atoms with Gasteiger partial charge in [-0.2, -0.15) is 0 Å². The highest BCUT2D eigenvalue weighted by Gasteiger charge is 2.28. The molecule has 0 aliphatic heterocycles. The van der Waals surface area contributed by atoms with Crippen LogP contribution in [0.4, 0.5) is 11.4 Å². The van der Waals surface area contributed by atoms with Crippen LogP contribution in [-0.4, -0.2) is 10.4 Å². The first-order chi connectivity index (χ1) is 13.5. The van der Waals surface area contributed by atoms with Gasteiger partial charge in [0.25, 0.3) is 5.56 Å². The number of nitrogens with zero attached hydrogens (tertiary/aromatic N) is 1. The summed E-state index contributed by atoms with van der Waals surface area (Å²) in [5, 5.41) is 4.21. The fourth-order valence-corrected chi connectivity index (χ4v) is 3.95. The van der Waals surface area contributed by atoms with Gasteiger partial charge in [0.1, 0.15) is 0 Å². The number of ketones is 1. The van der Waals surface area contributed by atoms with E-state index in [2.05, 4.69) is 5.32 Å². The smallest absolute Gasteiger partial charge is 0.251 e. The zero-order chi connectivity index (χ0) is 19.4. The minimum Gasteiger partial charge on any atom is -0.355 e. The van der Waals surface area contributed by atoms with Crippen molar-refractivity contribution in [3.63, 3.8) is 0 Å². The molecule has 28 heavy (non-hydrogen) atoms. The molecule has 1 heterocycles. The van der Waals surface area contributed by atoms with E-state index in [0.717, 1.165) is 33.4 Å². The molecule has 1 aliphatic rings. The minimum atomic E-state index is -0.0863. The van der Waals surface area contributed by atoms with Gasteiger partial charge in [-0.3, -0.25) is 9.59 Å². The highest BCUT2D eigenvalue weighted by atomic mass is 16.1. The number of hydrogen-bond acceptors (Lipinski definition) is 3. The molecule has 4 heteroatoms. The molecule has 0 saturated carbocycles. The molecule has 1 aliphatic carbocycles. The average molecular weight is 366 g/mol. The summed E-state index contributed by atoms with van der Waals surface area (Å²) in [5.74, 6) is -0.0260. The van der Waals surface area contributed by atoms with Gasteiger partial charge in [0.05, 0.1) is 16.8 Å². The molecule has 5 rings (SSSR count). The topological polar surface area (TPSA) is 51.1 Å². The number of benzene rings is 3. The van der Waals surface area contributed by atoms with Crippen molar-refractivity contribution in [2.45, 2.75) is 6.92 Å². The summed E-state index contributed by atoms with van der Waals surface area (Å²) in [6.45, 7) is 2.04. The van der Waals surface area contributed by atoms with Crippen molar-refractivity contribution >= 4 is 28.1 Å². The molecule has 0 saturated heterocycles. The molecule has 4 aromatic rings. The third-order valence-electron chi connectivity index (χ3n) is 5.43. The molecule has 1 aromatic heterocycles. The Morgan fingerprint density at radius 2 is 1.54 bits per heavy atom. The number of rotatable bonds is 2. The second kappa shape index (κ2) is 5.92. The second-order valence-corrected chi connectivity index (χ2v) is 7.20. The molecular formula is C24H18N2O2. The molecular weight excluding hydrogens is 348 g/mol. The van der Waals surface area contributed by atoms with Gasteiger partial charge in [-0.1, -0.05) is 42.0 Å². The van der Waals surface area contributed by atoms with Crippen molar-refractivity contribution in [3.05, 3.63) is 93.8 Å². The molecule has 3 aromatic carbocycles. The predicted octanol–water partition coefficient (Wildman–Crippen LogP) is 4.80. The van der Waals surface area contributed by atoms with Crippen molar-refractivity contribution in [2.24, 2.45) is 7.05 Å². The quantitative estimate of drug-likeness (QED) is 0.488. The molecule has 0 unspecified atom stereocenters.